The molecule has 0 saturated carbocycles. The van der Waals surface area contributed by atoms with E-state index in [0.29, 0.717) is 28.5 Å². The molecule has 0 aliphatic carbocycles. The summed E-state index contributed by atoms with van der Waals surface area (Å²) in [7, 11) is 0. The van der Waals surface area contributed by atoms with E-state index in [9.17, 15) is 14.4 Å². The second-order valence-corrected chi connectivity index (χ2v) is 6.50. The average molecular weight is 391 g/mol. The number of benzene rings is 2. The minimum absolute atomic E-state index is 0.209. The molecular formula is C19H17N7O3. The van der Waals surface area contributed by atoms with Gasteiger partial charge in [-0.3, -0.25) is 14.4 Å². The summed E-state index contributed by atoms with van der Waals surface area (Å²) in [6.07, 6.45) is -0.209. The van der Waals surface area contributed by atoms with E-state index in [1.165, 1.54) is 4.68 Å². The van der Waals surface area contributed by atoms with E-state index < -0.39 is 23.8 Å². The zero-order valence-electron chi connectivity index (χ0n) is 15.4. The summed E-state index contributed by atoms with van der Waals surface area (Å²) in [5.74, 6) is -0.669. The number of amides is 3. The van der Waals surface area contributed by atoms with Gasteiger partial charge in [-0.1, -0.05) is 18.2 Å². The number of carbonyl (C=O) groups is 3. The monoisotopic (exact) mass is 391 g/mol. The molecule has 1 unspecified atom stereocenters. The standard InChI is InChI=1S/C19H17N7O3/c1-11-23-24-25-26(11)13-6-4-5-12(9-13)20-17(27)10-16-19(29)21-15-8-3-2-7-14(15)18(28)22-16/h2-9,16H,10H2,1H3,(H,20,27)(H,21,29)(H,22,28). The highest BCUT2D eigenvalue weighted by molar-refractivity contribution is 6.11. The van der Waals surface area contributed by atoms with Crippen molar-refractivity contribution in [2.45, 2.75) is 19.4 Å². The minimum Gasteiger partial charge on any atom is -0.340 e. The summed E-state index contributed by atoms with van der Waals surface area (Å²) in [6, 6.07) is 12.7. The van der Waals surface area contributed by atoms with Gasteiger partial charge in [0.25, 0.3) is 5.91 Å². The zero-order chi connectivity index (χ0) is 20.4. The number of carbonyl (C=O) groups excluding carboxylic acids is 3. The van der Waals surface area contributed by atoms with Crippen LogP contribution >= 0.6 is 0 Å². The molecule has 1 aliphatic heterocycles. The molecule has 2 heterocycles. The van der Waals surface area contributed by atoms with Gasteiger partial charge in [-0.15, -0.1) is 5.10 Å². The SMILES string of the molecule is Cc1nnnn1-c1cccc(NC(=O)CC2NC(=O)c3ccccc3NC2=O)c1. The van der Waals surface area contributed by atoms with E-state index in [-0.39, 0.29) is 6.42 Å². The van der Waals surface area contributed by atoms with Crippen LogP contribution in [0.1, 0.15) is 22.6 Å². The molecular weight excluding hydrogens is 374 g/mol. The Bertz CT molecular complexity index is 1110. The van der Waals surface area contributed by atoms with E-state index in [0.717, 1.165) is 0 Å². The molecule has 2 aromatic carbocycles. The average Bonchev–Trinajstić information content (AvgIpc) is 3.09. The van der Waals surface area contributed by atoms with Crippen molar-refractivity contribution in [3.8, 4) is 5.69 Å². The molecule has 10 nitrogen and oxygen atoms in total. The lowest BCUT2D eigenvalue weighted by molar-refractivity contribution is -0.122. The Hall–Kier alpha value is -4.08. The number of anilines is 2. The highest BCUT2D eigenvalue weighted by Crippen LogP contribution is 2.19. The van der Waals surface area contributed by atoms with Crippen LogP contribution in [0.5, 0.6) is 0 Å². The van der Waals surface area contributed by atoms with Crippen molar-refractivity contribution >= 4 is 29.1 Å². The quantitative estimate of drug-likeness (QED) is 0.609. The van der Waals surface area contributed by atoms with Crippen molar-refractivity contribution in [3.63, 3.8) is 0 Å². The zero-order valence-corrected chi connectivity index (χ0v) is 15.4. The maximum atomic E-state index is 12.5. The highest BCUT2D eigenvalue weighted by atomic mass is 16.2. The van der Waals surface area contributed by atoms with Crippen LogP contribution in [0.15, 0.2) is 48.5 Å². The number of para-hydroxylation sites is 1. The van der Waals surface area contributed by atoms with Crippen LogP contribution in [0.2, 0.25) is 0 Å². The predicted molar refractivity (Wildman–Crippen MR) is 103 cm³/mol. The van der Waals surface area contributed by atoms with Crippen molar-refractivity contribution < 1.29 is 14.4 Å². The number of hydrogen-bond acceptors (Lipinski definition) is 6. The number of nitrogens with one attached hydrogen (secondary N) is 3. The Balaban J connectivity index is 1.46. The van der Waals surface area contributed by atoms with Crippen LogP contribution in [0.25, 0.3) is 5.69 Å². The molecule has 3 aromatic rings. The maximum absolute atomic E-state index is 12.5. The fourth-order valence-electron chi connectivity index (χ4n) is 3.04. The summed E-state index contributed by atoms with van der Waals surface area (Å²) >= 11 is 0. The molecule has 3 amide bonds. The fraction of sp³-hybridized carbons (Fsp3) is 0.158. The number of hydrogen-bond donors (Lipinski definition) is 3. The molecule has 0 spiro atoms. The molecule has 0 bridgehead atoms. The topological polar surface area (TPSA) is 131 Å². The largest absolute Gasteiger partial charge is 0.340 e. The number of tetrazole rings is 1. The Morgan fingerprint density at radius 1 is 1.17 bits per heavy atom. The predicted octanol–water partition coefficient (Wildman–Crippen LogP) is 1.05. The number of fused-ring (bicyclic) bond motifs is 1. The number of aryl methyl sites for hydroxylation is 1. The molecule has 1 aliphatic rings. The normalized spacial score (nSPS) is 15.7. The van der Waals surface area contributed by atoms with Gasteiger partial charge in [0.2, 0.25) is 11.8 Å². The first-order chi connectivity index (χ1) is 14.0. The summed E-state index contributed by atoms with van der Waals surface area (Å²) in [5.41, 5.74) is 1.97. The molecule has 0 fully saturated rings. The van der Waals surface area contributed by atoms with Crippen LogP contribution in [0.3, 0.4) is 0 Å². The molecule has 1 aromatic heterocycles. The number of rotatable bonds is 4. The summed E-state index contributed by atoms with van der Waals surface area (Å²) < 4.78 is 1.53. The molecule has 1 atom stereocenters. The number of aromatic nitrogens is 4. The summed E-state index contributed by atoms with van der Waals surface area (Å²) in [5, 5.41) is 19.3. The second kappa shape index (κ2) is 7.50. The lowest BCUT2D eigenvalue weighted by Gasteiger charge is -2.14. The molecule has 3 N–H and O–H groups in total. The summed E-state index contributed by atoms with van der Waals surface area (Å²) in [6.45, 7) is 1.76. The van der Waals surface area contributed by atoms with Crippen LogP contribution in [-0.2, 0) is 9.59 Å². The first-order valence-electron chi connectivity index (χ1n) is 8.87. The maximum Gasteiger partial charge on any atom is 0.254 e. The van der Waals surface area contributed by atoms with Gasteiger partial charge in [0.1, 0.15) is 6.04 Å². The summed E-state index contributed by atoms with van der Waals surface area (Å²) in [4.78, 5) is 37.3. The van der Waals surface area contributed by atoms with Crippen LogP contribution in [0.4, 0.5) is 11.4 Å². The Kier molecular flexibility index (Phi) is 4.73. The lowest BCUT2D eigenvalue weighted by Crippen LogP contribution is -2.43. The van der Waals surface area contributed by atoms with E-state index in [2.05, 4.69) is 31.5 Å². The fourth-order valence-corrected chi connectivity index (χ4v) is 3.04. The second-order valence-electron chi connectivity index (χ2n) is 6.50. The molecule has 0 saturated heterocycles. The van der Waals surface area contributed by atoms with Crippen molar-refractivity contribution in [1.82, 2.24) is 25.5 Å². The lowest BCUT2D eigenvalue weighted by atomic mass is 10.1. The third-order valence-corrected chi connectivity index (χ3v) is 4.44. The first-order valence-corrected chi connectivity index (χ1v) is 8.87. The van der Waals surface area contributed by atoms with Crippen LogP contribution < -0.4 is 16.0 Å². The Morgan fingerprint density at radius 3 is 2.79 bits per heavy atom. The number of nitrogens with zero attached hydrogens (tertiary/aromatic N) is 4. The minimum atomic E-state index is -0.986. The van der Waals surface area contributed by atoms with Crippen molar-refractivity contribution in [2.75, 3.05) is 10.6 Å². The van der Waals surface area contributed by atoms with Gasteiger partial charge >= 0.3 is 0 Å². The van der Waals surface area contributed by atoms with Gasteiger partial charge in [0.15, 0.2) is 5.82 Å². The van der Waals surface area contributed by atoms with E-state index >= 15 is 0 Å². The third kappa shape index (κ3) is 3.81. The van der Waals surface area contributed by atoms with Gasteiger partial charge in [0.05, 0.1) is 23.4 Å². The van der Waals surface area contributed by atoms with Crippen molar-refractivity contribution in [3.05, 3.63) is 59.9 Å². The van der Waals surface area contributed by atoms with Crippen molar-refractivity contribution in [1.29, 1.82) is 0 Å². The van der Waals surface area contributed by atoms with Gasteiger partial charge < -0.3 is 16.0 Å². The third-order valence-electron chi connectivity index (χ3n) is 4.44. The van der Waals surface area contributed by atoms with Crippen LogP contribution in [-0.4, -0.2) is 44.0 Å². The Morgan fingerprint density at radius 2 is 2.00 bits per heavy atom. The first kappa shape index (κ1) is 18.3. The highest BCUT2D eigenvalue weighted by Gasteiger charge is 2.29. The Labute approximate surface area is 165 Å². The smallest absolute Gasteiger partial charge is 0.254 e. The van der Waals surface area contributed by atoms with E-state index in [1.54, 1.807) is 55.5 Å². The molecule has 29 heavy (non-hydrogen) atoms. The van der Waals surface area contributed by atoms with Crippen molar-refractivity contribution in [2.24, 2.45) is 0 Å². The molecule has 10 heteroatoms. The van der Waals surface area contributed by atoms with E-state index in [4.69, 9.17) is 0 Å². The van der Waals surface area contributed by atoms with Gasteiger partial charge in [-0.25, -0.2) is 0 Å². The van der Waals surface area contributed by atoms with E-state index in [1.807, 2.05) is 0 Å². The van der Waals surface area contributed by atoms with Gasteiger partial charge in [0, 0.05) is 5.69 Å². The molecule has 146 valence electrons. The van der Waals surface area contributed by atoms with Gasteiger partial charge in [-0.2, -0.15) is 4.68 Å². The van der Waals surface area contributed by atoms with Crippen LogP contribution in [0, 0.1) is 6.92 Å². The van der Waals surface area contributed by atoms with Gasteiger partial charge in [-0.05, 0) is 47.7 Å². The molecule has 0 radical (unpaired) electrons. The molecule has 4 rings (SSSR count).